The molecule has 2 aromatic carbocycles. The molecular formula is C28H38F3NO3. The molecule has 194 valence electrons. The van der Waals surface area contributed by atoms with Gasteiger partial charge in [-0.05, 0) is 79.9 Å². The van der Waals surface area contributed by atoms with Gasteiger partial charge in [0.25, 0.3) is 0 Å². The number of rotatable bonds is 5. The van der Waals surface area contributed by atoms with Gasteiger partial charge in [0, 0.05) is 6.54 Å². The number of hydrogen-bond donors (Lipinski definition) is 0. The van der Waals surface area contributed by atoms with Crippen molar-refractivity contribution < 1.29 is 27.4 Å². The normalized spacial score (nSPS) is 21.8. The second kappa shape index (κ2) is 12.1. The summed E-state index contributed by atoms with van der Waals surface area (Å²) in [6.45, 7) is 8.14. The fraction of sp³-hybridized carbons (Fsp3) is 0.607. The van der Waals surface area contributed by atoms with Crippen LogP contribution < -0.4 is 4.74 Å². The lowest BCUT2D eigenvalue weighted by molar-refractivity contribution is -0.147. The van der Waals surface area contributed by atoms with Gasteiger partial charge in [-0.3, -0.25) is 9.69 Å². The summed E-state index contributed by atoms with van der Waals surface area (Å²) >= 11 is 0. The molecule has 0 bridgehead atoms. The SMILES string of the molecule is CC.COC(=O)C1CCN(Cc2cccc3c(C(F)(F)F)c(OC4CCC(C)CC4)ccc23)CC1. The molecule has 1 saturated heterocycles. The van der Waals surface area contributed by atoms with Crippen LogP contribution in [0.3, 0.4) is 0 Å². The van der Waals surface area contributed by atoms with E-state index >= 15 is 0 Å². The van der Waals surface area contributed by atoms with Crippen molar-refractivity contribution in [1.82, 2.24) is 4.90 Å². The van der Waals surface area contributed by atoms with Crippen LogP contribution in [0.2, 0.25) is 0 Å². The summed E-state index contributed by atoms with van der Waals surface area (Å²) in [5, 5.41) is 0.788. The molecule has 0 N–H and O–H groups in total. The van der Waals surface area contributed by atoms with Gasteiger partial charge in [0.15, 0.2) is 0 Å². The van der Waals surface area contributed by atoms with Gasteiger partial charge < -0.3 is 9.47 Å². The Balaban J connectivity index is 0.00000167. The van der Waals surface area contributed by atoms with Gasteiger partial charge in [-0.15, -0.1) is 0 Å². The number of carbonyl (C=O) groups excluding carboxylic acids is 1. The maximum absolute atomic E-state index is 14.2. The van der Waals surface area contributed by atoms with Crippen LogP contribution in [-0.2, 0) is 22.3 Å². The van der Waals surface area contributed by atoms with Crippen LogP contribution >= 0.6 is 0 Å². The van der Waals surface area contributed by atoms with E-state index in [4.69, 9.17) is 9.47 Å². The minimum Gasteiger partial charge on any atom is -0.490 e. The van der Waals surface area contributed by atoms with Crippen LogP contribution in [-0.4, -0.2) is 37.2 Å². The Hall–Kier alpha value is -2.28. The lowest BCUT2D eigenvalue weighted by atomic mass is 9.89. The standard InChI is InChI=1S/C26H32F3NO3.C2H6/c1-17-6-8-20(9-7-17)33-23-11-10-21-19(4-3-5-22(21)24(23)26(27,28)29)16-30-14-12-18(13-15-30)25(31)32-2;1-2/h3-5,10-11,17-18,20H,6-9,12-16H2,1-2H3;1-2H3. The summed E-state index contributed by atoms with van der Waals surface area (Å²) in [5.41, 5.74) is 0.178. The van der Waals surface area contributed by atoms with E-state index < -0.39 is 11.7 Å². The van der Waals surface area contributed by atoms with Crippen molar-refractivity contribution in [3.8, 4) is 5.75 Å². The van der Waals surface area contributed by atoms with Crippen molar-refractivity contribution in [1.29, 1.82) is 0 Å². The smallest absolute Gasteiger partial charge is 0.420 e. The zero-order valence-electron chi connectivity index (χ0n) is 21.3. The lowest BCUT2D eigenvalue weighted by Crippen LogP contribution is -2.36. The maximum Gasteiger partial charge on any atom is 0.420 e. The molecule has 0 atom stereocenters. The molecule has 7 heteroatoms. The van der Waals surface area contributed by atoms with E-state index in [0.717, 1.165) is 31.2 Å². The summed E-state index contributed by atoms with van der Waals surface area (Å²) in [4.78, 5) is 14.0. The van der Waals surface area contributed by atoms with Gasteiger partial charge in [0.2, 0.25) is 0 Å². The number of alkyl halides is 3. The number of esters is 1. The van der Waals surface area contributed by atoms with Crippen molar-refractivity contribution in [3.05, 3.63) is 41.5 Å². The number of ether oxygens (including phenoxy) is 2. The fourth-order valence-electron chi connectivity index (χ4n) is 5.19. The number of fused-ring (bicyclic) bond motifs is 1. The van der Waals surface area contributed by atoms with Crippen molar-refractivity contribution in [2.75, 3.05) is 20.2 Å². The zero-order valence-corrected chi connectivity index (χ0v) is 21.3. The Morgan fingerprint density at radius 1 is 0.971 bits per heavy atom. The average Bonchev–Trinajstić information content (AvgIpc) is 2.86. The highest BCUT2D eigenvalue weighted by atomic mass is 19.4. The second-order valence-electron chi connectivity index (χ2n) is 9.52. The Labute approximate surface area is 206 Å². The monoisotopic (exact) mass is 493 g/mol. The molecule has 0 unspecified atom stereocenters. The fourth-order valence-corrected chi connectivity index (χ4v) is 5.19. The number of benzene rings is 2. The lowest BCUT2D eigenvalue weighted by Gasteiger charge is -2.31. The molecule has 2 fully saturated rings. The number of piperidine rings is 1. The van der Waals surface area contributed by atoms with Gasteiger partial charge in [-0.1, -0.05) is 45.0 Å². The van der Waals surface area contributed by atoms with Crippen molar-refractivity contribution in [2.45, 2.75) is 78.1 Å². The van der Waals surface area contributed by atoms with Crippen LogP contribution in [0.5, 0.6) is 5.75 Å². The topological polar surface area (TPSA) is 38.8 Å². The summed E-state index contributed by atoms with van der Waals surface area (Å²) < 4.78 is 53.4. The average molecular weight is 494 g/mol. The number of likely N-dealkylation sites (tertiary alicyclic amines) is 1. The Morgan fingerprint density at radius 2 is 1.63 bits per heavy atom. The van der Waals surface area contributed by atoms with E-state index in [2.05, 4.69) is 11.8 Å². The first kappa shape index (κ1) is 27.3. The highest BCUT2D eigenvalue weighted by molar-refractivity contribution is 5.91. The minimum absolute atomic E-state index is 0.0643. The molecule has 1 aliphatic carbocycles. The predicted molar refractivity (Wildman–Crippen MR) is 132 cm³/mol. The van der Waals surface area contributed by atoms with Crippen molar-refractivity contribution >= 4 is 16.7 Å². The molecule has 1 saturated carbocycles. The number of methoxy groups -OCH3 is 1. The first-order chi connectivity index (χ1) is 16.8. The van der Waals surface area contributed by atoms with Crippen LogP contribution in [0.4, 0.5) is 13.2 Å². The quantitative estimate of drug-likeness (QED) is 0.412. The highest BCUT2D eigenvalue weighted by Crippen LogP contribution is 2.43. The van der Waals surface area contributed by atoms with Gasteiger partial charge in [-0.2, -0.15) is 13.2 Å². The molecule has 0 amide bonds. The summed E-state index contributed by atoms with van der Waals surface area (Å²) in [6, 6.07) is 8.39. The first-order valence-corrected chi connectivity index (χ1v) is 12.8. The van der Waals surface area contributed by atoms with Crippen LogP contribution in [0.1, 0.15) is 70.4 Å². The van der Waals surface area contributed by atoms with Gasteiger partial charge in [-0.25, -0.2) is 0 Å². The molecule has 4 rings (SSSR count). The minimum atomic E-state index is -4.51. The summed E-state index contributed by atoms with van der Waals surface area (Å²) in [5.74, 6) is 0.252. The second-order valence-corrected chi connectivity index (χ2v) is 9.52. The van der Waals surface area contributed by atoms with Crippen LogP contribution in [0, 0.1) is 11.8 Å². The third-order valence-corrected chi connectivity index (χ3v) is 7.17. The number of halogens is 3. The molecule has 1 heterocycles. The maximum atomic E-state index is 14.2. The summed E-state index contributed by atoms with van der Waals surface area (Å²) in [6.07, 6.45) is 0.267. The van der Waals surface area contributed by atoms with Crippen LogP contribution in [0.25, 0.3) is 10.8 Å². The van der Waals surface area contributed by atoms with E-state index in [0.29, 0.717) is 43.8 Å². The van der Waals surface area contributed by atoms with E-state index in [1.165, 1.54) is 13.2 Å². The van der Waals surface area contributed by atoms with E-state index in [1.807, 2.05) is 19.9 Å². The van der Waals surface area contributed by atoms with E-state index in [-0.39, 0.29) is 29.1 Å². The summed E-state index contributed by atoms with van der Waals surface area (Å²) in [7, 11) is 1.40. The molecule has 0 radical (unpaired) electrons. The molecule has 35 heavy (non-hydrogen) atoms. The third kappa shape index (κ3) is 6.69. The number of hydrogen-bond acceptors (Lipinski definition) is 4. The Morgan fingerprint density at radius 3 is 2.23 bits per heavy atom. The first-order valence-electron chi connectivity index (χ1n) is 12.8. The molecule has 0 aromatic heterocycles. The number of carbonyl (C=O) groups is 1. The van der Waals surface area contributed by atoms with Crippen LogP contribution in [0.15, 0.2) is 30.3 Å². The number of nitrogens with zero attached hydrogens (tertiary/aromatic N) is 1. The van der Waals surface area contributed by atoms with Crippen molar-refractivity contribution in [3.63, 3.8) is 0 Å². The van der Waals surface area contributed by atoms with Gasteiger partial charge >= 0.3 is 12.1 Å². The predicted octanol–water partition coefficient (Wildman–Crippen LogP) is 7.23. The molecular weight excluding hydrogens is 455 g/mol. The molecule has 2 aliphatic rings. The van der Waals surface area contributed by atoms with E-state index in [9.17, 15) is 18.0 Å². The molecule has 0 spiro atoms. The van der Waals surface area contributed by atoms with Crippen molar-refractivity contribution in [2.24, 2.45) is 11.8 Å². The largest absolute Gasteiger partial charge is 0.490 e. The zero-order chi connectivity index (χ0) is 25.6. The van der Waals surface area contributed by atoms with Gasteiger partial charge in [0.1, 0.15) is 11.3 Å². The third-order valence-electron chi connectivity index (χ3n) is 7.17. The Bertz CT molecular complexity index is 975. The highest BCUT2D eigenvalue weighted by Gasteiger charge is 2.37. The molecule has 4 nitrogen and oxygen atoms in total. The Kier molecular flexibility index (Phi) is 9.45. The van der Waals surface area contributed by atoms with E-state index in [1.54, 1.807) is 18.2 Å². The molecule has 2 aromatic rings. The molecule has 1 aliphatic heterocycles. The van der Waals surface area contributed by atoms with Gasteiger partial charge in [0.05, 0.1) is 19.1 Å².